The van der Waals surface area contributed by atoms with E-state index in [4.69, 9.17) is 11.6 Å². The molecule has 1 aliphatic heterocycles. The Hall–Kier alpha value is -2.88. The van der Waals surface area contributed by atoms with Gasteiger partial charge in [-0.25, -0.2) is 0 Å². The van der Waals surface area contributed by atoms with E-state index in [0.29, 0.717) is 31.0 Å². The average Bonchev–Trinajstić information content (AvgIpc) is 3.34. The lowest BCUT2D eigenvalue weighted by atomic mass is 10.0. The number of nitrogens with zero attached hydrogens (tertiary/aromatic N) is 6. The second-order valence-corrected chi connectivity index (χ2v) is 7.33. The molecule has 1 aliphatic rings. The van der Waals surface area contributed by atoms with Crippen LogP contribution in [-0.4, -0.2) is 42.1 Å². The highest BCUT2D eigenvalue weighted by molar-refractivity contribution is 6.34. The normalized spacial score (nSPS) is 16.6. The largest absolute Gasteiger partial charge is 0.417 e. The number of aromatic nitrogens is 5. The summed E-state index contributed by atoms with van der Waals surface area (Å²) in [6.07, 6.45) is -2.37. The third kappa shape index (κ3) is 3.34. The molecule has 1 atom stereocenters. The maximum absolute atomic E-state index is 13.2. The zero-order valence-electron chi connectivity index (χ0n) is 16.2. The van der Waals surface area contributed by atoms with Gasteiger partial charge in [-0.1, -0.05) is 22.9 Å². The molecule has 30 heavy (non-hydrogen) atoms. The van der Waals surface area contributed by atoms with Crippen LogP contribution in [-0.2, 0) is 19.1 Å². The van der Waals surface area contributed by atoms with Gasteiger partial charge in [-0.05, 0) is 26.0 Å². The first-order valence-electron chi connectivity index (χ1n) is 9.37. The van der Waals surface area contributed by atoms with Crippen LogP contribution in [0.1, 0.15) is 47.2 Å². The third-order valence-corrected chi connectivity index (χ3v) is 5.62. The number of benzene rings is 1. The van der Waals surface area contributed by atoms with Crippen LogP contribution in [0.2, 0.25) is 5.02 Å². The van der Waals surface area contributed by atoms with Gasteiger partial charge in [-0.2, -0.15) is 23.0 Å². The van der Waals surface area contributed by atoms with E-state index >= 15 is 0 Å². The zero-order chi connectivity index (χ0) is 21.6. The molecule has 0 aliphatic carbocycles. The van der Waals surface area contributed by atoms with Crippen molar-refractivity contribution in [2.24, 2.45) is 0 Å². The fourth-order valence-electron chi connectivity index (χ4n) is 3.61. The molecule has 0 fully saturated rings. The van der Waals surface area contributed by atoms with E-state index in [1.807, 2.05) is 19.2 Å². The predicted octanol–water partition coefficient (Wildman–Crippen LogP) is 3.92. The van der Waals surface area contributed by atoms with Crippen LogP contribution in [0.4, 0.5) is 13.2 Å². The standard InChI is InChI=1S/C19H18ClF3N6O/c1-3-27-9-8-15(25-27)29-14-7-10-28(11(2)17(14)24-26-29)18(30)12-5-4-6-13(16(12)20)19(21,22)23/h4-6,8-9,11H,3,7,10H2,1-2H3/t11-/m0/s1. The average molecular weight is 439 g/mol. The van der Waals surface area contributed by atoms with Crippen LogP contribution in [0, 0.1) is 0 Å². The highest BCUT2D eigenvalue weighted by Gasteiger charge is 2.37. The Morgan fingerprint density at radius 2 is 2.07 bits per heavy atom. The van der Waals surface area contributed by atoms with E-state index in [0.717, 1.165) is 11.8 Å². The van der Waals surface area contributed by atoms with Gasteiger partial charge in [0.2, 0.25) is 0 Å². The number of rotatable bonds is 3. The van der Waals surface area contributed by atoms with Crippen molar-refractivity contribution in [3.8, 4) is 5.82 Å². The molecule has 1 aromatic carbocycles. The summed E-state index contributed by atoms with van der Waals surface area (Å²) in [7, 11) is 0. The summed E-state index contributed by atoms with van der Waals surface area (Å²) in [5, 5.41) is 12.2. The summed E-state index contributed by atoms with van der Waals surface area (Å²) in [6.45, 7) is 4.74. The molecule has 158 valence electrons. The van der Waals surface area contributed by atoms with Crippen molar-refractivity contribution in [3.05, 3.63) is 58.0 Å². The van der Waals surface area contributed by atoms with Gasteiger partial charge in [0.25, 0.3) is 5.91 Å². The van der Waals surface area contributed by atoms with Crippen molar-refractivity contribution in [3.63, 3.8) is 0 Å². The Balaban J connectivity index is 1.65. The molecule has 0 radical (unpaired) electrons. The number of hydrogen-bond donors (Lipinski definition) is 0. The van der Waals surface area contributed by atoms with Gasteiger partial charge >= 0.3 is 6.18 Å². The van der Waals surface area contributed by atoms with Crippen LogP contribution < -0.4 is 0 Å². The van der Waals surface area contributed by atoms with Crippen molar-refractivity contribution in [1.29, 1.82) is 0 Å². The topological polar surface area (TPSA) is 68.8 Å². The van der Waals surface area contributed by atoms with Crippen molar-refractivity contribution in [1.82, 2.24) is 29.7 Å². The van der Waals surface area contributed by atoms with Crippen LogP contribution in [0.3, 0.4) is 0 Å². The van der Waals surface area contributed by atoms with Crippen LogP contribution in [0.5, 0.6) is 0 Å². The van der Waals surface area contributed by atoms with Gasteiger partial charge in [0, 0.05) is 31.8 Å². The minimum Gasteiger partial charge on any atom is -0.330 e. The number of fused-ring (bicyclic) bond motifs is 1. The highest BCUT2D eigenvalue weighted by Crippen LogP contribution is 2.38. The first-order valence-corrected chi connectivity index (χ1v) is 9.75. The molecule has 0 saturated carbocycles. The number of amides is 1. The Kier molecular flexibility index (Phi) is 5.05. The van der Waals surface area contributed by atoms with Gasteiger partial charge in [-0.15, -0.1) is 5.10 Å². The molecular weight excluding hydrogens is 421 g/mol. The van der Waals surface area contributed by atoms with E-state index in [-0.39, 0.29) is 5.56 Å². The molecule has 3 aromatic rings. The summed E-state index contributed by atoms with van der Waals surface area (Å²) in [4.78, 5) is 14.5. The third-order valence-electron chi connectivity index (χ3n) is 5.21. The molecule has 0 saturated heterocycles. The van der Waals surface area contributed by atoms with Crippen molar-refractivity contribution < 1.29 is 18.0 Å². The van der Waals surface area contributed by atoms with E-state index < -0.39 is 28.7 Å². The van der Waals surface area contributed by atoms with Crippen LogP contribution in [0.25, 0.3) is 5.82 Å². The number of aryl methyl sites for hydroxylation is 1. The summed E-state index contributed by atoms with van der Waals surface area (Å²) in [5.41, 5.74) is 0.195. The molecule has 0 bridgehead atoms. The zero-order valence-corrected chi connectivity index (χ0v) is 16.9. The fourth-order valence-corrected chi connectivity index (χ4v) is 3.93. The summed E-state index contributed by atoms with van der Waals surface area (Å²) >= 11 is 5.95. The molecule has 3 heterocycles. The molecular formula is C19H18ClF3N6O. The summed E-state index contributed by atoms with van der Waals surface area (Å²) in [6, 6.07) is 4.69. The molecule has 11 heteroatoms. The van der Waals surface area contributed by atoms with Gasteiger partial charge in [0.15, 0.2) is 5.82 Å². The molecule has 4 rings (SSSR count). The quantitative estimate of drug-likeness (QED) is 0.621. The van der Waals surface area contributed by atoms with Crippen LogP contribution >= 0.6 is 11.6 Å². The lowest BCUT2D eigenvalue weighted by molar-refractivity contribution is -0.137. The maximum Gasteiger partial charge on any atom is 0.417 e. The van der Waals surface area contributed by atoms with Crippen molar-refractivity contribution in [2.45, 2.75) is 39.0 Å². The van der Waals surface area contributed by atoms with Crippen molar-refractivity contribution >= 4 is 17.5 Å². The lowest BCUT2D eigenvalue weighted by Gasteiger charge is -2.33. The number of alkyl halides is 3. The minimum absolute atomic E-state index is 0.184. The second-order valence-electron chi connectivity index (χ2n) is 6.95. The maximum atomic E-state index is 13.2. The molecule has 0 N–H and O–H groups in total. The lowest BCUT2D eigenvalue weighted by Crippen LogP contribution is -2.39. The molecule has 0 spiro atoms. The Bertz CT molecular complexity index is 1110. The van der Waals surface area contributed by atoms with Gasteiger partial charge in [-0.3, -0.25) is 9.48 Å². The molecule has 7 nitrogen and oxygen atoms in total. The number of hydrogen-bond acceptors (Lipinski definition) is 4. The first kappa shape index (κ1) is 20.4. The Morgan fingerprint density at radius 3 is 2.73 bits per heavy atom. The van der Waals surface area contributed by atoms with Gasteiger partial charge in [0.05, 0.1) is 27.9 Å². The van der Waals surface area contributed by atoms with E-state index in [9.17, 15) is 18.0 Å². The monoisotopic (exact) mass is 438 g/mol. The van der Waals surface area contributed by atoms with E-state index in [1.54, 1.807) is 16.3 Å². The predicted molar refractivity (Wildman–Crippen MR) is 102 cm³/mol. The summed E-state index contributed by atoms with van der Waals surface area (Å²) < 4.78 is 42.9. The Morgan fingerprint density at radius 1 is 1.30 bits per heavy atom. The van der Waals surface area contributed by atoms with Gasteiger partial charge < -0.3 is 4.90 Å². The SMILES string of the molecule is CCn1ccc(-n2nnc3c2CCN(C(=O)c2cccc(C(F)(F)F)c2Cl)[C@H]3C)n1. The fraction of sp³-hybridized carbons (Fsp3) is 0.368. The number of halogens is 4. The van der Waals surface area contributed by atoms with Crippen LogP contribution in [0.15, 0.2) is 30.5 Å². The molecule has 2 aromatic heterocycles. The van der Waals surface area contributed by atoms with E-state index in [1.165, 1.54) is 17.0 Å². The number of carbonyl (C=O) groups excluding carboxylic acids is 1. The second kappa shape index (κ2) is 7.42. The minimum atomic E-state index is -4.64. The first-order chi connectivity index (χ1) is 14.2. The van der Waals surface area contributed by atoms with Gasteiger partial charge in [0.1, 0.15) is 5.69 Å². The smallest absolute Gasteiger partial charge is 0.330 e. The highest BCUT2D eigenvalue weighted by atomic mass is 35.5. The number of carbonyl (C=O) groups is 1. The van der Waals surface area contributed by atoms with Crippen molar-refractivity contribution in [2.75, 3.05) is 6.54 Å². The Labute approximate surface area is 175 Å². The van der Waals surface area contributed by atoms with E-state index in [2.05, 4.69) is 15.4 Å². The molecule has 1 amide bonds. The summed E-state index contributed by atoms with van der Waals surface area (Å²) in [5.74, 6) is 0.0487. The molecule has 0 unspecified atom stereocenters.